The third kappa shape index (κ3) is 5.34. The summed E-state index contributed by atoms with van der Waals surface area (Å²) in [4.78, 5) is 11.6. The van der Waals surface area contributed by atoms with Gasteiger partial charge in [0.2, 0.25) is 5.91 Å². The first-order valence-corrected chi connectivity index (χ1v) is 7.33. The third-order valence-electron chi connectivity index (χ3n) is 3.52. The van der Waals surface area contributed by atoms with Crippen LogP contribution in [0.1, 0.15) is 38.7 Å². The molecule has 1 unspecified atom stereocenters. The minimum Gasteiger partial charge on any atom is -0.493 e. The highest BCUT2D eigenvalue weighted by Gasteiger charge is 2.29. The summed E-state index contributed by atoms with van der Waals surface area (Å²) in [5.41, 5.74) is 5.51. The monoisotopic (exact) mass is 296 g/mol. The Morgan fingerprint density at radius 1 is 1.48 bits per heavy atom. The molecular weight excluding hydrogens is 271 g/mol. The number of ether oxygens (including phenoxy) is 1. The molecule has 21 heavy (non-hydrogen) atoms. The van der Waals surface area contributed by atoms with E-state index >= 15 is 0 Å². The predicted molar refractivity (Wildman–Crippen MR) is 81.8 cm³/mol. The van der Waals surface area contributed by atoms with E-state index in [1.165, 1.54) is 12.1 Å². The van der Waals surface area contributed by atoms with E-state index in [1.54, 1.807) is 13.0 Å². The fraction of sp³-hybridized carbons (Fsp3) is 0.562. The van der Waals surface area contributed by atoms with Gasteiger partial charge in [-0.2, -0.15) is 0 Å². The smallest absolute Gasteiger partial charge is 0.237 e. The largest absolute Gasteiger partial charge is 0.493 e. The van der Waals surface area contributed by atoms with Crippen LogP contribution in [0.3, 0.4) is 0 Å². The summed E-state index contributed by atoms with van der Waals surface area (Å²) in [5, 5.41) is 3.18. The summed E-state index contributed by atoms with van der Waals surface area (Å²) in [6.45, 7) is 6.86. The minimum atomic E-state index is -0.711. The summed E-state index contributed by atoms with van der Waals surface area (Å²) < 4.78 is 18.6. The van der Waals surface area contributed by atoms with E-state index in [1.807, 2.05) is 13.8 Å². The van der Waals surface area contributed by atoms with Crippen molar-refractivity contribution in [2.75, 3.05) is 13.2 Å². The van der Waals surface area contributed by atoms with Crippen molar-refractivity contribution in [1.29, 1.82) is 0 Å². The zero-order valence-corrected chi connectivity index (χ0v) is 13.0. The van der Waals surface area contributed by atoms with Crippen molar-refractivity contribution >= 4 is 5.91 Å². The average Bonchev–Trinajstić information content (AvgIpc) is 2.43. The molecule has 0 saturated heterocycles. The van der Waals surface area contributed by atoms with Crippen LogP contribution >= 0.6 is 0 Å². The number of rotatable bonds is 9. The van der Waals surface area contributed by atoms with Crippen LogP contribution in [0.25, 0.3) is 0 Å². The molecule has 0 radical (unpaired) electrons. The molecule has 0 aromatic heterocycles. The number of primary amides is 1. The maximum Gasteiger partial charge on any atom is 0.237 e. The van der Waals surface area contributed by atoms with Crippen molar-refractivity contribution in [2.45, 2.75) is 45.6 Å². The Kier molecular flexibility index (Phi) is 6.62. The molecule has 1 amide bonds. The van der Waals surface area contributed by atoms with Gasteiger partial charge in [-0.05, 0) is 63.4 Å². The number of aryl methyl sites for hydroxylation is 1. The molecule has 0 bridgehead atoms. The zero-order valence-electron chi connectivity index (χ0n) is 13.0. The fourth-order valence-corrected chi connectivity index (χ4v) is 2.08. The van der Waals surface area contributed by atoms with E-state index < -0.39 is 5.54 Å². The maximum atomic E-state index is 13.0. The Bertz CT molecular complexity index is 479. The van der Waals surface area contributed by atoms with Gasteiger partial charge >= 0.3 is 0 Å². The Balaban J connectivity index is 2.46. The lowest BCUT2D eigenvalue weighted by molar-refractivity contribution is -0.124. The van der Waals surface area contributed by atoms with Gasteiger partial charge in [-0.1, -0.05) is 6.92 Å². The quantitative estimate of drug-likeness (QED) is 0.688. The Morgan fingerprint density at radius 3 is 2.76 bits per heavy atom. The Hall–Kier alpha value is -1.62. The SMILES string of the molecule is CCCNC(C)(CCCOc1ccc(F)cc1C)C(N)=O. The normalized spacial score (nSPS) is 13.7. The second-order valence-electron chi connectivity index (χ2n) is 5.48. The van der Waals surface area contributed by atoms with E-state index in [0.717, 1.165) is 18.5 Å². The summed E-state index contributed by atoms with van der Waals surface area (Å²) in [5.74, 6) is 0.0394. The molecule has 1 atom stereocenters. The molecule has 0 aliphatic carbocycles. The molecule has 5 heteroatoms. The van der Waals surface area contributed by atoms with Gasteiger partial charge < -0.3 is 15.8 Å². The lowest BCUT2D eigenvalue weighted by Gasteiger charge is -2.27. The number of halogens is 1. The number of carbonyl (C=O) groups is 1. The topological polar surface area (TPSA) is 64.3 Å². The highest BCUT2D eigenvalue weighted by atomic mass is 19.1. The molecule has 4 nitrogen and oxygen atoms in total. The second-order valence-corrected chi connectivity index (χ2v) is 5.48. The van der Waals surface area contributed by atoms with Gasteiger partial charge in [0.25, 0.3) is 0 Å². The van der Waals surface area contributed by atoms with Crippen LogP contribution in [0.2, 0.25) is 0 Å². The van der Waals surface area contributed by atoms with Crippen molar-refractivity contribution in [3.8, 4) is 5.75 Å². The lowest BCUT2D eigenvalue weighted by Crippen LogP contribution is -2.53. The Morgan fingerprint density at radius 2 is 2.19 bits per heavy atom. The summed E-state index contributed by atoms with van der Waals surface area (Å²) >= 11 is 0. The number of carbonyl (C=O) groups excluding carboxylic acids is 1. The Labute approximate surface area is 125 Å². The summed E-state index contributed by atoms with van der Waals surface area (Å²) in [7, 11) is 0. The van der Waals surface area contributed by atoms with Crippen molar-refractivity contribution in [3.63, 3.8) is 0 Å². The molecule has 1 aromatic rings. The molecule has 0 spiro atoms. The van der Waals surface area contributed by atoms with Crippen molar-refractivity contribution < 1.29 is 13.9 Å². The van der Waals surface area contributed by atoms with E-state index in [2.05, 4.69) is 5.32 Å². The standard InChI is InChI=1S/C16H25FN2O2/c1-4-9-19-16(3,15(18)20)8-5-10-21-14-7-6-13(17)11-12(14)2/h6-7,11,19H,4-5,8-10H2,1-3H3,(H2,18,20). The predicted octanol–water partition coefficient (Wildman–Crippen LogP) is 2.54. The first kappa shape index (κ1) is 17.4. The summed E-state index contributed by atoms with van der Waals surface area (Å²) in [6.07, 6.45) is 2.23. The first-order chi connectivity index (χ1) is 9.89. The van der Waals surface area contributed by atoms with Crippen molar-refractivity contribution in [3.05, 3.63) is 29.6 Å². The lowest BCUT2D eigenvalue weighted by atomic mass is 9.95. The second kappa shape index (κ2) is 7.98. The molecule has 0 aliphatic rings. The number of hydrogen-bond donors (Lipinski definition) is 2. The number of amides is 1. The van der Waals surface area contributed by atoms with Crippen LogP contribution in [0.15, 0.2) is 18.2 Å². The van der Waals surface area contributed by atoms with Gasteiger partial charge in [0.15, 0.2) is 0 Å². The molecular formula is C16H25FN2O2. The molecule has 1 rings (SSSR count). The number of nitrogens with two attached hydrogens (primary N) is 1. The average molecular weight is 296 g/mol. The van der Waals surface area contributed by atoms with E-state index in [-0.39, 0.29) is 11.7 Å². The third-order valence-corrected chi connectivity index (χ3v) is 3.52. The van der Waals surface area contributed by atoms with Gasteiger partial charge in [-0.25, -0.2) is 4.39 Å². The van der Waals surface area contributed by atoms with Crippen LogP contribution in [-0.4, -0.2) is 24.6 Å². The van der Waals surface area contributed by atoms with Crippen LogP contribution in [0.4, 0.5) is 4.39 Å². The number of benzene rings is 1. The van der Waals surface area contributed by atoms with E-state index in [4.69, 9.17) is 10.5 Å². The zero-order chi connectivity index (χ0) is 15.9. The van der Waals surface area contributed by atoms with Crippen LogP contribution in [-0.2, 0) is 4.79 Å². The fourth-order valence-electron chi connectivity index (χ4n) is 2.08. The molecule has 1 aromatic carbocycles. The van der Waals surface area contributed by atoms with Gasteiger partial charge in [0, 0.05) is 0 Å². The van der Waals surface area contributed by atoms with Gasteiger partial charge in [0.05, 0.1) is 12.1 Å². The molecule has 0 heterocycles. The molecule has 3 N–H and O–H groups in total. The highest BCUT2D eigenvalue weighted by Crippen LogP contribution is 2.19. The summed E-state index contributed by atoms with van der Waals surface area (Å²) in [6, 6.07) is 4.43. The maximum absolute atomic E-state index is 13.0. The molecule has 0 aliphatic heterocycles. The van der Waals surface area contributed by atoms with Crippen molar-refractivity contribution in [2.24, 2.45) is 5.73 Å². The van der Waals surface area contributed by atoms with Crippen LogP contribution in [0, 0.1) is 12.7 Å². The first-order valence-electron chi connectivity index (χ1n) is 7.33. The number of nitrogens with one attached hydrogen (secondary N) is 1. The van der Waals surface area contributed by atoms with Gasteiger partial charge in [-0.3, -0.25) is 4.79 Å². The van der Waals surface area contributed by atoms with Gasteiger partial charge in [0.1, 0.15) is 11.6 Å². The van der Waals surface area contributed by atoms with Crippen LogP contribution < -0.4 is 15.8 Å². The molecule has 0 saturated carbocycles. The minimum absolute atomic E-state index is 0.273. The number of hydrogen-bond acceptors (Lipinski definition) is 3. The molecule has 0 fully saturated rings. The van der Waals surface area contributed by atoms with Crippen LogP contribution in [0.5, 0.6) is 5.75 Å². The van der Waals surface area contributed by atoms with Crippen molar-refractivity contribution in [1.82, 2.24) is 5.32 Å². The van der Waals surface area contributed by atoms with E-state index in [0.29, 0.717) is 25.2 Å². The van der Waals surface area contributed by atoms with E-state index in [9.17, 15) is 9.18 Å². The molecule has 118 valence electrons. The highest BCUT2D eigenvalue weighted by molar-refractivity contribution is 5.84. The van der Waals surface area contributed by atoms with Gasteiger partial charge in [-0.15, -0.1) is 0 Å².